The predicted molar refractivity (Wildman–Crippen MR) is 112 cm³/mol. The number of benzene rings is 2. The summed E-state index contributed by atoms with van der Waals surface area (Å²) in [5.41, 5.74) is 3.03. The molecule has 2 aromatic rings. The van der Waals surface area contributed by atoms with E-state index in [1.807, 2.05) is 12.1 Å². The first-order valence-electron chi connectivity index (χ1n) is 8.11. The van der Waals surface area contributed by atoms with Crippen LogP contribution >= 0.6 is 21.8 Å². The van der Waals surface area contributed by atoms with Gasteiger partial charge >= 0.3 is 0 Å². The van der Waals surface area contributed by atoms with Gasteiger partial charge in [-0.1, -0.05) is 60.7 Å². The lowest BCUT2D eigenvalue weighted by Crippen LogP contribution is -2.20. The van der Waals surface area contributed by atoms with E-state index in [9.17, 15) is 8.39 Å². The van der Waals surface area contributed by atoms with Crippen molar-refractivity contribution in [2.75, 3.05) is 13.2 Å². The maximum Gasteiger partial charge on any atom is 0.241 e. The van der Waals surface area contributed by atoms with Crippen molar-refractivity contribution in [2.24, 2.45) is 0 Å². The van der Waals surface area contributed by atoms with Gasteiger partial charge in [0.05, 0.1) is 12.1 Å². The zero-order chi connectivity index (χ0) is 18.7. The van der Waals surface area contributed by atoms with Crippen molar-refractivity contribution in [3.8, 4) is 0 Å². The first-order valence-corrected chi connectivity index (χ1v) is 13.5. The van der Waals surface area contributed by atoms with E-state index < -0.39 is 21.8 Å². The van der Waals surface area contributed by atoms with Crippen molar-refractivity contribution in [1.29, 1.82) is 0 Å². The van der Waals surface area contributed by atoms with E-state index in [0.717, 1.165) is 5.54 Å². The number of aliphatic hydroxyl groups is 1. The highest BCUT2D eigenvalue weighted by molar-refractivity contribution is 8.22. The Labute approximate surface area is 152 Å². The average molecular weight is 418 g/mol. The summed E-state index contributed by atoms with van der Waals surface area (Å²) >= 11 is 0. The molecule has 1 atom stereocenters. The van der Waals surface area contributed by atoms with Crippen LogP contribution in [0.25, 0.3) is 0 Å². The maximum atomic E-state index is 15.5. The number of hydrogen-bond donors (Lipinski definition) is 1. The normalized spacial score (nSPS) is 23.4. The standard InChI is InChI=1S/C18H20F3O2P3/c19-25(20)14-24(17-8-3-1-4-9-17,18-10-5-2-6-11-18)15-26(21,16-25)23-13-7-12-22/h1-6,8-11,14-16,22H,7,12-13H2/t26-/m0/s1. The van der Waals surface area contributed by atoms with Crippen LogP contribution in [0.2, 0.25) is 0 Å². The van der Waals surface area contributed by atoms with Gasteiger partial charge in [0.2, 0.25) is 7.51 Å². The van der Waals surface area contributed by atoms with Crippen LogP contribution in [-0.2, 0) is 4.52 Å². The second-order valence-corrected chi connectivity index (χ2v) is 14.0. The molecule has 0 spiro atoms. The molecule has 0 amide bonds. The van der Waals surface area contributed by atoms with Crippen LogP contribution in [-0.4, -0.2) is 34.9 Å². The minimum atomic E-state index is -4.70. The molecule has 0 unspecified atom stereocenters. The zero-order valence-electron chi connectivity index (χ0n) is 14.0. The van der Waals surface area contributed by atoms with Gasteiger partial charge in [0.15, 0.2) is 7.42 Å². The van der Waals surface area contributed by atoms with Gasteiger partial charge in [0, 0.05) is 17.7 Å². The molecule has 0 radical (unpaired) electrons. The minimum absolute atomic E-state index is 0.0860. The predicted octanol–water partition coefficient (Wildman–Crippen LogP) is 4.95. The first-order chi connectivity index (χ1) is 12.4. The second-order valence-electron chi connectivity index (χ2n) is 5.93. The zero-order valence-corrected chi connectivity index (χ0v) is 16.6. The van der Waals surface area contributed by atoms with Crippen LogP contribution in [0.15, 0.2) is 60.7 Å². The van der Waals surface area contributed by atoms with Crippen molar-refractivity contribution in [1.82, 2.24) is 0 Å². The molecule has 3 rings (SSSR count). The molecule has 2 nitrogen and oxygen atoms in total. The summed E-state index contributed by atoms with van der Waals surface area (Å²) in [7, 11) is -8.71. The Bertz CT molecular complexity index is 878. The van der Waals surface area contributed by atoms with Gasteiger partial charge in [-0.2, -0.15) is 12.6 Å². The van der Waals surface area contributed by atoms with Crippen LogP contribution in [0, 0.1) is 0 Å². The van der Waals surface area contributed by atoms with E-state index in [4.69, 9.17) is 9.63 Å². The Morgan fingerprint density at radius 3 is 1.81 bits per heavy atom. The van der Waals surface area contributed by atoms with E-state index in [-0.39, 0.29) is 19.6 Å². The molecule has 1 aliphatic heterocycles. The lowest BCUT2D eigenvalue weighted by atomic mass is 10.4. The minimum Gasteiger partial charge on any atom is -0.396 e. The highest BCUT2D eigenvalue weighted by atomic mass is 31.3. The number of rotatable bonds is 6. The third kappa shape index (κ3) is 4.30. The third-order valence-corrected chi connectivity index (χ3v) is 14.7. The van der Waals surface area contributed by atoms with E-state index in [1.165, 1.54) is 5.54 Å². The van der Waals surface area contributed by atoms with Crippen LogP contribution < -0.4 is 10.6 Å². The number of halogens is 3. The van der Waals surface area contributed by atoms with E-state index in [1.54, 1.807) is 48.5 Å². The molecule has 2 aromatic carbocycles. The Kier molecular flexibility index (Phi) is 6.07. The Hall–Kier alpha value is -0.950. The van der Waals surface area contributed by atoms with Crippen LogP contribution in [0.5, 0.6) is 0 Å². The lowest BCUT2D eigenvalue weighted by molar-refractivity contribution is 0.240. The second kappa shape index (κ2) is 7.97. The van der Waals surface area contributed by atoms with Crippen molar-refractivity contribution in [3.05, 3.63) is 60.7 Å². The quantitative estimate of drug-likeness (QED) is 0.532. The fraction of sp³-hybridized carbons (Fsp3) is 0.167. The SMILES string of the molecule is OCCCO[P@@]1(F)=CP(c2ccccc2)(c2ccccc2)=CP(F)(F)=C1. The molecular formula is C18H20F3O2P3. The molecular weight excluding hydrogens is 398 g/mol. The summed E-state index contributed by atoms with van der Waals surface area (Å²) < 4.78 is 50.3. The van der Waals surface area contributed by atoms with Crippen molar-refractivity contribution >= 4 is 49.0 Å². The summed E-state index contributed by atoms with van der Waals surface area (Å²) in [5.74, 6) is 0. The summed E-state index contributed by atoms with van der Waals surface area (Å²) in [4.78, 5) is 0. The number of hydrogen-bond acceptors (Lipinski definition) is 2. The van der Waals surface area contributed by atoms with Crippen LogP contribution in [0.3, 0.4) is 0 Å². The van der Waals surface area contributed by atoms with E-state index >= 15 is 4.20 Å². The topological polar surface area (TPSA) is 29.5 Å². The van der Waals surface area contributed by atoms with Crippen molar-refractivity contribution in [2.45, 2.75) is 6.42 Å². The van der Waals surface area contributed by atoms with Crippen LogP contribution in [0.4, 0.5) is 12.6 Å². The van der Waals surface area contributed by atoms with Gasteiger partial charge in [0.1, 0.15) is 0 Å². The smallest absolute Gasteiger partial charge is 0.241 e. The number of aliphatic hydroxyl groups excluding tert-OH is 1. The highest BCUT2D eigenvalue weighted by Crippen LogP contribution is 2.70. The van der Waals surface area contributed by atoms with Gasteiger partial charge in [-0.25, -0.2) is 0 Å². The van der Waals surface area contributed by atoms with Gasteiger partial charge < -0.3 is 9.63 Å². The summed E-state index contributed by atoms with van der Waals surface area (Å²) in [5, 5.41) is 10.3. The average Bonchev–Trinajstić information content (AvgIpc) is 2.61. The first kappa shape index (κ1) is 19.8. The molecule has 0 aliphatic carbocycles. The van der Waals surface area contributed by atoms with E-state index in [2.05, 4.69) is 0 Å². The molecule has 0 fully saturated rings. The van der Waals surface area contributed by atoms with Crippen LogP contribution in [0.1, 0.15) is 6.42 Å². The molecule has 1 aliphatic rings. The molecule has 26 heavy (non-hydrogen) atoms. The molecule has 140 valence electrons. The highest BCUT2D eigenvalue weighted by Gasteiger charge is 2.36. The molecule has 0 saturated heterocycles. The molecule has 8 heteroatoms. The monoisotopic (exact) mass is 418 g/mol. The Balaban J connectivity index is 2.29. The Morgan fingerprint density at radius 2 is 1.31 bits per heavy atom. The third-order valence-electron chi connectivity index (χ3n) is 3.95. The van der Waals surface area contributed by atoms with E-state index in [0.29, 0.717) is 16.1 Å². The lowest BCUT2D eigenvalue weighted by Gasteiger charge is -2.31. The fourth-order valence-corrected chi connectivity index (χ4v) is 15.5. The van der Waals surface area contributed by atoms with Crippen molar-refractivity contribution < 1.29 is 22.2 Å². The summed E-state index contributed by atoms with van der Waals surface area (Å²) in [6.07, 6.45) is 0.212. The summed E-state index contributed by atoms with van der Waals surface area (Å²) in [6, 6.07) is 17.8. The van der Waals surface area contributed by atoms with Gasteiger partial charge in [-0.15, -0.1) is 0 Å². The fourth-order valence-electron chi connectivity index (χ4n) is 2.89. The molecule has 1 heterocycles. The molecule has 0 bridgehead atoms. The largest absolute Gasteiger partial charge is 0.396 e. The molecule has 0 aromatic heterocycles. The maximum absolute atomic E-state index is 15.5. The van der Waals surface area contributed by atoms with Gasteiger partial charge in [-0.05, 0) is 23.9 Å². The summed E-state index contributed by atoms with van der Waals surface area (Å²) in [6.45, 7) is -3.14. The van der Waals surface area contributed by atoms with Gasteiger partial charge in [0.25, 0.3) is 0 Å². The molecule has 1 N–H and O–H groups in total. The van der Waals surface area contributed by atoms with Crippen molar-refractivity contribution in [3.63, 3.8) is 0 Å². The Morgan fingerprint density at radius 1 is 0.769 bits per heavy atom. The molecule has 0 saturated carbocycles. The van der Waals surface area contributed by atoms with Gasteiger partial charge in [-0.3, -0.25) is 0 Å².